The molecule has 0 bridgehead atoms. The predicted molar refractivity (Wildman–Crippen MR) is 92.6 cm³/mol. The molecule has 0 aliphatic rings. The fourth-order valence-electron chi connectivity index (χ4n) is 2.05. The van der Waals surface area contributed by atoms with E-state index in [-0.39, 0.29) is 4.90 Å². The quantitative estimate of drug-likeness (QED) is 0.788. The number of amides is 1. The van der Waals surface area contributed by atoms with Crippen LogP contribution in [0.25, 0.3) is 0 Å². The third kappa shape index (κ3) is 5.27. The monoisotopic (exact) mass is 366 g/mol. The molecule has 1 amide bonds. The van der Waals surface area contributed by atoms with Gasteiger partial charge in [-0.3, -0.25) is 4.79 Å². The summed E-state index contributed by atoms with van der Waals surface area (Å²) in [6.45, 7) is 3.54. The van der Waals surface area contributed by atoms with Crippen LogP contribution in [0.2, 0.25) is 0 Å². The first-order chi connectivity index (χ1) is 11.8. The van der Waals surface area contributed by atoms with E-state index in [0.717, 1.165) is 0 Å². The fourth-order valence-corrected chi connectivity index (χ4v) is 3.03. The molecular weight excluding hydrogens is 347 g/mol. The van der Waals surface area contributed by atoms with Gasteiger partial charge in [0.1, 0.15) is 11.6 Å². The summed E-state index contributed by atoms with van der Waals surface area (Å²) in [6, 6.07) is 9.83. The maximum Gasteiger partial charge on any atom is 0.241 e. The standard InChI is InChI=1S/C17H19FN2O4S/c1-3-24-14-6-8-15(9-7-14)25(22,23)19-11-17(21)20-16-10-13(18)5-4-12(16)2/h4-10,19H,3,11H2,1-2H3,(H,20,21). The molecule has 0 aliphatic heterocycles. The summed E-state index contributed by atoms with van der Waals surface area (Å²) in [5, 5.41) is 2.48. The van der Waals surface area contributed by atoms with Crippen molar-refractivity contribution in [1.82, 2.24) is 4.72 Å². The SMILES string of the molecule is CCOc1ccc(S(=O)(=O)NCC(=O)Nc2cc(F)ccc2C)cc1. The largest absolute Gasteiger partial charge is 0.494 e. The molecule has 8 heteroatoms. The third-order valence-corrected chi connectivity index (χ3v) is 4.76. The van der Waals surface area contributed by atoms with Gasteiger partial charge in [0, 0.05) is 5.69 Å². The highest BCUT2D eigenvalue weighted by atomic mass is 32.2. The van der Waals surface area contributed by atoms with E-state index in [1.54, 1.807) is 6.92 Å². The van der Waals surface area contributed by atoms with Crippen molar-refractivity contribution >= 4 is 21.6 Å². The number of halogens is 1. The van der Waals surface area contributed by atoms with Crippen LogP contribution in [0.1, 0.15) is 12.5 Å². The lowest BCUT2D eigenvalue weighted by atomic mass is 10.2. The van der Waals surface area contributed by atoms with Crippen molar-refractivity contribution in [3.8, 4) is 5.75 Å². The van der Waals surface area contributed by atoms with E-state index < -0.39 is 28.3 Å². The molecule has 2 aromatic carbocycles. The molecule has 0 spiro atoms. The molecule has 0 aliphatic carbocycles. The van der Waals surface area contributed by atoms with Crippen LogP contribution in [0.4, 0.5) is 10.1 Å². The Bertz CT molecular complexity index is 851. The number of benzene rings is 2. The topological polar surface area (TPSA) is 84.5 Å². The van der Waals surface area contributed by atoms with Gasteiger partial charge in [0.15, 0.2) is 0 Å². The number of carbonyl (C=O) groups is 1. The summed E-state index contributed by atoms with van der Waals surface area (Å²) >= 11 is 0. The number of sulfonamides is 1. The number of aryl methyl sites for hydroxylation is 1. The average Bonchev–Trinajstić information content (AvgIpc) is 2.57. The number of carbonyl (C=O) groups excluding carboxylic acids is 1. The summed E-state index contributed by atoms with van der Waals surface area (Å²) in [7, 11) is -3.84. The van der Waals surface area contributed by atoms with Gasteiger partial charge in [-0.25, -0.2) is 17.5 Å². The molecule has 0 radical (unpaired) electrons. The number of anilines is 1. The molecule has 2 N–H and O–H groups in total. The van der Waals surface area contributed by atoms with Gasteiger partial charge >= 0.3 is 0 Å². The Hall–Kier alpha value is -2.45. The molecule has 2 rings (SSSR count). The van der Waals surface area contributed by atoms with Crippen LogP contribution in [0, 0.1) is 12.7 Å². The number of ether oxygens (including phenoxy) is 1. The van der Waals surface area contributed by atoms with E-state index in [1.165, 1.54) is 42.5 Å². The minimum absolute atomic E-state index is 0.0192. The zero-order valence-corrected chi connectivity index (χ0v) is 14.7. The van der Waals surface area contributed by atoms with Crippen LogP contribution in [-0.4, -0.2) is 27.5 Å². The number of hydrogen-bond acceptors (Lipinski definition) is 4. The van der Waals surface area contributed by atoms with Gasteiger partial charge in [0.25, 0.3) is 0 Å². The molecule has 0 unspecified atom stereocenters. The van der Waals surface area contributed by atoms with Crippen molar-refractivity contribution < 1.29 is 22.3 Å². The summed E-state index contributed by atoms with van der Waals surface area (Å²) in [5.74, 6) is -0.528. The first kappa shape index (κ1) is 18.9. The minimum Gasteiger partial charge on any atom is -0.494 e. The zero-order valence-electron chi connectivity index (χ0n) is 13.9. The van der Waals surface area contributed by atoms with Gasteiger partial charge in [-0.15, -0.1) is 0 Å². The second-order valence-electron chi connectivity index (χ2n) is 5.24. The first-order valence-electron chi connectivity index (χ1n) is 7.60. The highest BCUT2D eigenvalue weighted by molar-refractivity contribution is 7.89. The van der Waals surface area contributed by atoms with Crippen LogP contribution in [-0.2, 0) is 14.8 Å². The lowest BCUT2D eigenvalue weighted by molar-refractivity contribution is -0.115. The van der Waals surface area contributed by atoms with E-state index in [1.807, 2.05) is 6.92 Å². The van der Waals surface area contributed by atoms with Gasteiger partial charge in [-0.2, -0.15) is 0 Å². The Morgan fingerprint density at radius 1 is 1.16 bits per heavy atom. The highest BCUT2D eigenvalue weighted by Crippen LogP contribution is 2.17. The Balaban J connectivity index is 1.99. The lowest BCUT2D eigenvalue weighted by Crippen LogP contribution is -2.33. The van der Waals surface area contributed by atoms with E-state index in [9.17, 15) is 17.6 Å². The van der Waals surface area contributed by atoms with Crippen LogP contribution >= 0.6 is 0 Å². The maximum atomic E-state index is 13.2. The molecule has 2 aromatic rings. The summed E-state index contributed by atoms with van der Waals surface area (Å²) in [5.41, 5.74) is 0.967. The van der Waals surface area contributed by atoms with Crippen molar-refractivity contribution in [1.29, 1.82) is 0 Å². The van der Waals surface area contributed by atoms with Crippen molar-refractivity contribution in [3.05, 3.63) is 53.8 Å². The zero-order chi connectivity index (χ0) is 18.4. The molecular formula is C17H19FN2O4S. The maximum absolute atomic E-state index is 13.2. The number of hydrogen-bond donors (Lipinski definition) is 2. The van der Waals surface area contributed by atoms with Crippen molar-refractivity contribution in [2.45, 2.75) is 18.7 Å². The van der Waals surface area contributed by atoms with E-state index in [0.29, 0.717) is 23.6 Å². The molecule has 0 fully saturated rings. The van der Waals surface area contributed by atoms with E-state index in [2.05, 4.69) is 10.0 Å². The van der Waals surface area contributed by atoms with Gasteiger partial charge < -0.3 is 10.1 Å². The van der Waals surface area contributed by atoms with Gasteiger partial charge in [0.2, 0.25) is 15.9 Å². The number of rotatable bonds is 7. The van der Waals surface area contributed by atoms with Crippen LogP contribution in [0.15, 0.2) is 47.4 Å². The van der Waals surface area contributed by atoms with Crippen molar-refractivity contribution in [2.24, 2.45) is 0 Å². The van der Waals surface area contributed by atoms with Gasteiger partial charge in [-0.1, -0.05) is 6.07 Å². The average molecular weight is 366 g/mol. The van der Waals surface area contributed by atoms with Crippen LogP contribution in [0.3, 0.4) is 0 Å². The predicted octanol–water partition coefficient (Wildman–Crippen LogP) is 2.45. The third-order valence-electron chi connectivity index (χ3n) is 3.34. The molecule has 0 heterocycles. The molecule has 6 nitrogen and oxygen atoms in total. The Morgan fingerprint density at radius 2 is 1.84 bits per heavy atom. The molecule has 0 saturated carbocycles. The van der Waals surface area contributed by atoms with Crippen molar-refractivity contribution in [2.75, 3.05) is 18.5 Å². The Kier molecular flexibility index (Phi) is 6.11. The Morgan fingerprint density at radius 3 is 2.48 bits per heavy atom. The molecule has 0 atom stereocenters. The van der Waals surface area contributed by atoms with E-state index >= 15 is 0 Å². The van der Waals surface area contributed by atoms with Crippen molar-refractivity contribution in [3.63, 3.8) is 0 Å². The van der Waals surface area contributed by atoms with Crippen LogP contribution < -0.4 is 14.8 Å². The number of nitrogens with one attached hydrogen (secondary N) is 2. The van der Waals surface area contributed by atoms with Crippen LogP contribution in [0.5, 0.6) is 5.75 Å². The highest BCUT2D eigenvalue weighted by Gasteiger charge is 2.16. The smallest absolute Gasteiger partial charge is 0.241 e. The second kappa shape index (κ2) is 8.09. The second-order valence-corrected chi connectivity index (χ2v) is 7.00. The van der Waals surface area contributed by atoms with E-state index in [4.69, 9.17) is 4.74 Å². The first-order valence-corrected chi connectivity index (χ1v) is 9.08. The molecule has 134 valence electrons. The van der Waals surface area contributed by atoms with Gasteiger partial charge in [-0.05, 0) is 55.8 Å². The molecule has 25 heavy (non-hydrogen) atoms. The lowest BCUT2D eigenvalue weighted by Gasteiger charge is -2.10. The summed E-state index contributed by atoms with van der Waals surface area (Å²) in [6.07, 6.45) is 0. The Labute approximate surface area is 146 Å². The van der Waals surface area contributed by atoms with Gasteiger partial charge in [0.05, 0.1) is 18.0 Å². The fraction of sp³-hybridized carbons (Fsp3) is 0.235. The minimum atomic E-state index is -3.84. The molecule has 0 saturated heterocycles. The summed E-state index contributed by atoms with van der Waals surface area (Å²) in [4.78, 5) is 11.9. The summed E-state index contributed by atoms with van der Waals surface area (Å²) < 4.78 is 45.0. The molecule has 0 aromatic heterocycles. The normalized spacial score (nSPS) is 11.2.